The van der Waals surface area contributed by atoms with Gasteiger partial charge >= 0.3 is 12.0 Å². The van der Waals surface area contributed by atoms with Gasteiger partial charge in [0.2, 0.25) is 11.8 Å². The molecule has 0 saturated heterocycles. The minimum Gasteiger partial charge on any atom is -0.481 e. The van der Waals surface area contributed by atoms with E-state index in [1.165, 1.54) is 11.4 Å². The zero-order chi connectivity index (χ0) is 26.5. The first-order valence-corrected chi connectivity index (χ1v) is 12.1. The maximum absolute atomic E-state index is 12.4. The Labute approximate surface area is 212 Å². The molecule has 36 heavy (non-hydrogen) atoms. The third-order valence-corrected chi connectivity index (χ3v) is 5.54. The normalized spacial score (nSPS) is 11.3. The molecule has 1 atom stereocenters. The van der Waals surface area contributed by atoms with Crippen molar-refractivity contribution in [3.8, 4) is 0 Å². The lowest BCUT2D eigenvalue weighted by Gasteiger charge is -2.18. The molecule has 194 valence electrons. The number of aliphatic carboxylic acids is 1. The van der Waals surface area contributed by atoms with Crippen molar-refractivity contribution in [2.45, 2.75) is 39.3 Å². The van der Waals surface area contributed by atoms with E-state index in [4.69, 9.17) is 5.11 Å². The number of rotatable bonds is 13. The van der Waals surface area contributed by atoms with E-state index in [0.29, 0.717) is 18.1 Å². The second-order valence-corrected chi connectivity index (χ2v) is 9.15. The third-order valence-electron chi connectivity index (χ3n) is 4.69. The van der Waals surface area contributed by atoms with Crippen molar-refractivity contribution in [2.75, 3.05) is 18.4 Å². The number of pyridine rings is 1. The molecule has 0 spiro atoms. The van der Waals surface area contributed by atoms with Gasteiger partial charge in [-0.1, -0.05) is 13.8 Å². The first kappa shape index (κ1) is 28.2. The number of carbonyl (C=O) groups excluding carboxylic acids is 4. The number of hydrogen-bond donors (Lipinski definition) is 6. The first-order chi connectivity index (χ1) is 17.1. The smallest absolute Gasteiger partial charge is 0.320 e. The highest BCUT2D eigenvalue weighted by Gasteiger charge is 2.22. The number of urea groups is 1. The Morgan fingerprint density at radius 3 is 2.44 bits per heavy atom. The Morgan fingerprint density at radius 1 is 1.06 bits per heavy atom. The van der Waals surface area contributed by atoms with E-state index in [1.54, 1.807) is 24.5 Å². The number of amides is 5. The van der Waals surface area contributed by atoms with Crippen LogP contribution in [0.5, 0.6) is 0 Å². The van der Waals surface area contributed by atoms with Crippen molar-refractivity contribution in [1.29, 1.82) is 0 Å². The molecule has 1 unspecified atom stereocenters. The monoisotopic (exact) mass is 518 g/mol. The van der Waals surface area contributed by atoms with Gasteiger partial charge in [-0.15, -0.1) is 11.3 Å². The average Bonchev–Trinajstić information content (AvgIpc) is 3.31. The fourth-order valence-corrected chi connectivity index (χ4v) is 3.61. The van der Waals surface area contributed by atoms with Crippen LogP contribution in [0.4, 0.5) is 9.80 Å². The van der Waals surface area contributed by atoms with Crippen LogP contribution in [0.3, 0.4) is 0 Å². The van der Waals surface area contributed by atoms with Gasteiger partial charge in [0.1, 0.15) is 6.04 Å². The summed E-state index contributed by atoms with van der Waals surface area (Å²) in [6, 6.07) is 3.54. The van der Waals surface area contributed by atoms with Crippen molar-refractivity contribution in [1.82, 2.24) is 26.3 Å². The minimum absolute atomic E-state index is 0.0816. The molecule has 0 saturated carbocycles. The van der Waals surface area contributed by atoms with E-state index in [-0.39, 0.29) is 24.3 Å². The van der Waals surface area contributed by atoms with Crippen LogP contribution in [0.15, 0.2) is 36.0 Å². The average molecular weight is 519 g/mol. The number of nitrogens with zero attached hydrogens (tertiary/aromatic N) is 1. The SMILES string of the molecule is CC(C)CNC(=O)C(CCC(=O)O)NC(=O)CNC(=O)c1csc(NC(=O)NCc2ccncc2)c1. The van der Waals surface area contributed by atoms with Gasteiger partial charge in [-0.3, -0.25) is 29.5 Å². The van der Waals surface area contributed by atoms with Gasteiger partial charge in [-0.05, 0) is 36.1 Å². The van der Waals surface area contributed by atoms with E-state index in [1.807, 2.05) is 13.8 Å². The molecule has 0 aliphatic carbocycles. The van der Waals surface area contributed by atoms with Crippen LogP contribution in [0, 0.1) is 5.92 Å². The molecule has 6 N–H and O–H groups in total. The predicted octanol–water partition coefficient (Wildman–Crippen LogP) is 1.32. The van der Waals surface area contributed by atoms with Gasteiger partial charge < -0.3 is 26.4 Å². The van der Waals surface area contributed by atoms with E-state index in [9.17, 15) is 24.0 Å². The van der Waals surface area contributed by atoms with Crippen molar-refractivity contribution in [2.24, 2.45) is 5.92 Å². The zero-order valence-corrected chi connectivity index (χ0v) is 20.8. The van der Waals surface area contributed by atoms with E-state index < -0.39 is 42.3 Å². The fourth-order valence-electron chi connectivity index (χ4n) is 2.83. The lowest BCUT2D eigenvalue weighted by molar-refractivity contribution is -0.137. The Bertz CT molecular complexity index is 1060. The summed E-state index contributed by atoms with van der Waals surface area (Å²) in [5.41, 5.74) is 1.13. The summed E-state index contributed by atoms with van der Waals surface area (Å²) in [5, 5.41) is 23.8. The molecule has 5 amide bonds. The molecule has 13 heteroatoms. The van der Waals surface area contributed by atoms with E-state index >= 15 is 0 Å². The van der Waals surface area contributed by atoms with Crippen LogP contribution < -0.4 is 26.6 Å². The quantitative estimate of drug-likeness (QED) is 0.231. The summed E-state index contributed by atoms with van der Waals surface area (Å²) in [6.07, 6.45) is 2.86. The van der Waals surface area contributed by atoms with Crippen LogP contribution in [0.2, 0.25) is 0 Å². The number of anilines is 1. The fraction of sp³-hybridized carbons (Fsp3) is 0.391. The summed E-state index contributed by atoms with van der Waals surface area (Å²) in [7, 11) is 0. The Kier molecular flexibility index (Phi) is 11.3. The topological polar surface area (TPSA) is 179 Å². The number of thiophene rings is 1. The number of carbonyl (C=O) groups is 5. The number of hydrogen-bond acceptors (Lipinski definition) is 7. The number of aromatic nitrogens is 1. The van der Waals surface area contributed by atoms with Gasteiger partial charge in [0, 0.05) is 37.3 Å². The third kappa shape index (κ3) is 10.5. The maximum atomic E-state index is 12.4. The standard InChI is InChI=1S/C23H30N6O6S/c1-14(2)10-25-22(34)17(3-4-20(31)32)28-18(30)12-26-21(33)16-9-19(36-13-16)29-23(35)27-11-15-5-7-24-8-6-15/h5-9,13-14,17H,3-4,10-12H2,1-2H3,(H,25,34)(H,26,33)(H,28,30)(H,31,32)(H2,27,29,35). The number of nitrogens with one attached hydrogen (secondary N) is 5. The second kappa shape index (κ2) is 14.4. The molecule has 2 aromatic heterocycles. The molecule has 0 aromatic carbocycles. The zero-order valence-electron chi connectivity index (χ0n) is 20.0. The first-order valence-electron chi connectivity index (χ1n) is 11.2. The summed E-state index contributed by atoms with van der Waals surface area (Å²) < 4.78 is 0. The van der Waals surface area contributed by atoms with Crippen molar-refractivity contribution < 1.29 is 29.1 Å². The molecule has 0 radical (unpaired) electrons. The lowest BCUT2D eigenvalue weighted by atomic mass is 10.1. The largest absolute Gasteiger partial charge is 0.481 e. The summed E-state index contributed by atoms with van der Waals surface area (Å²) in [6.45, 7) is 4.09. The Hall–Kier alpha value is -4.00. The number of carboxylic acids is 1. The maximum Gasteiger partial charge on any atom is 0.320 e. The summed E-state index contributed by atoms with van der Waals surface area (Å²) >= 11 is 1.14. The molecule has 0 aliphatic rings. The second-order valence-electron chi connectivity index (χ2n) is 8.24. The van der Waals surface area contributed by atoms with Crippen molar-refractivity contribution in [3.63, 3.8) is 0 Å². The molecule has 12 nitrogen and oxygen atoms in total. The Morgan fingerprint density at radius 2 is 1.78 bits per heavy atom. The van der Waals surface area contributed by atoms with Gasteiger partial charge in [0.05, 0.1) is 17.1 Å². The molecule has 0 aliphatic heterocycles. The number of carboxylic acid groups (broad SMARTS) is 1. The van der Waals surface area contributed by atoms with Crippen LogP contribution in [0.25, 0.3) is 0 Å². The van der Waals surface area contributed by atoms with Crippen molar-refractivity contribution >= 4 is 46.1 Å². The van der Waals surface area contributed by atoms with E-state index in [0.717, 1.165) is 16.9 Å². The highest BCUT2D eigenvalue weighted by molar-refractivity contribution is 7.14. The van der Waals surface area contributed by atoms with Crippen LogP contribution in [-0.4, -0.2) is 58.9 Å². The highest BCUT2D eigenvalue weighted by Crippen LogP contribution is 2.20. The lowest BCUT2D eigenvalue weighted by Crippen LogP contribution is -2.50. The predicted molar refractivity (Wildman–Crippen MR) is 133 cm³/mol. The molecule has 2 aromatic rings. The Balaban J connectivity index is 1.81. The molecule has 2 rings (SSSR count). The van der Waals surface area contributed by atoms with Crippen LogP contribution in [-0.2, 0) is 20.9 Å². The summed E-state index contributed by atoms with van der Waals surface area (Å²) in [4.78, 5) is 63.9. The highest BCUT2D eigenvalue weighted by atomic mass is 32.1. The van der Waals surface area contributed by atoms with Crippen LogP contribution in [0.1, 0.15) is 42.6 Å². The summed E-state index contributed by atoms with van der Waals surface area (Å²) in [5.74, 6) is -2.57. The van der Waals surface area contributed by atoms with Crippen LogP contribution >= 0.6 is 11.3 Å². The molecule has 0 fully saturated rings. The molecular weight excluding hydrogens is 488 g/mol. The molecule has 2 heterocycles. The van der Waals surface area contributed by atoms with Crippen molar-refractivity contribution in [3.05, 3.63) is 47.1 Å². The van der Waals surface area contributed by atoms with Gasteiger partial charge in [-0.25, -0.2) is 4.79 Å². The minimum atomic E-state index is -1.09. The molecule has 0 bridgehead atoms. The van der Waals surface area contributed by atoms with Gasteiger partial charge in [0.15, 0.2) is 0 Å². The van der Waals surface area contributed by atoms with Gasteiger partial charge in [0.25, 0.3) is 5.91 Å². The molecular formula is C23H30N6O6S. The van der Waals surface area contributed by atoms with Gasteiger partial charge in [-0.2, -0.15) is 0 Å². The van der Waals surface area contributed by atoms with E-state index in [2.05, 4.69) is 31.6 Å².